The first-order chi connectivity index (χ1) is 5.52. The zero-order valence-electron chi connectivity index (χ0n) is 6.11. The average Bonchev–Trinajstić information content (AvgIpc) is 1.96. The van der Waals surface area contributed by atoms with Crippen LogP contribution in [0.4, 0.5) is 8.78 Å². The lowest BCUT2D eigenvalue weighted by atomic mass is 10.2. The Bertz CT molecular complexity index is 304. The molecular weight excluding hydrogens is 298 g/mol. The van der Waals surface area contributed by atoms with Gasteiger partial charge in [0.15, 0.2) is 0 Å². The van der Waals surface area contributed by atoms with Gasteiger partial charge >= 0.3 is 0 Å². The lowest BCUT2D eigenvalue weighted by molar-refractivity contribution is 0.151. The van der Waals surface area contributed by atoms with Crippen molar-refractivity contribution in [1.29, 1.82) is 0 Å². The smallest absolute Gasteiger partial charge is 0.229 e. The highest BCUT2D eigenvalue weighted by Crippen LogP contribution is 2.27. The van der Waals surface area contributed by atoms with Crippen molar-refractivity contribution in [3.63, 3.8) is 0 Å². The summed E-state index contributed by atoms with van der Waals surface area (Å²) in [5.74, 6) is 0. The summed E-state index contributed by atoms with van der Waals surface area (Å²) in [5.41, 5.74) is 0.518. The number of pyridine rings is 1. The second-order valence-electron chi connectivity index (χ2n) is 2.28. The molecule has 0 N–H and O–H groups in total. The third-order valence-corrected chi connectivity index (χ3v) is 2.76. The maximum atomic E-state index is 12.2. The molecule has 1 nitrogen and oxygen atoms in total. The average molecular weight is 303 g/mol. The number of hydrogen-bond donors (Lipinski definition) is 0. The number of halogens is 4. The minimum Gasteiger partial charge on any atom is -0.229 e. The molecule has 0 bridgehead atoms. The van der Waals surface area contributed by atoms with E-state index in [1.54, 1.807) is 6.92 Å². The summed E-state index contributed by atoms with van der Waals surface area (Å²) in [6.45, 7) is 1.72. The lowest BCUT2D eigenvalue weighted by Gasteiger charge is -2.04. The van der Waals surface area contributed by atoms with Gasteiger partial charge in [0.25, 0.3) is 6.43 Å². The second kappa shape index (κ2) is 3.83. The normalized spacial score (nSPS) is 10.8. The Morgan fingerprint density at radius 2 is 2.17 bits per heavy atom. The van der Waals surface area contributed by atoms with Gasteiger partial charge in [-0.15, -0.1) is 0 Å². The van der Waals surface area contributed by atoms with Crippen LogP contribution in [0.1, 0.15) is 17.6 Å². The Hall–Kier alpha value is 0.0300. The van der Waals surface area contributed by atoms with E-state index in [1.807, 2.05) is 22.6 Å². The van der Waals surface area contributed by atoms with E-state index < -0.39 is 6.43 Å². The summed E-state index contributed by atoms with van der Waals surface area (Å²) < 4.78 is 25.1. The van der Waals surface area contributed by atoms with E-state index in [-0.39, 0.29) is 10.7 Å². The Labute approximate surface area is 87.3 Å². The molecule has 0 atom stereocenters. The number of alkyl halides is 2. The van der Waals surface area contributed by atoms with E-state index in [9.17, 15) is 8.78 Å². The van der Waals surface area contributed by atoms with Crippen LogP contribution >= 0.6 is 34.2 Å². The summed E-state index contributed by atoms with van der Waals surface area (Å²) >= 11 is 7.45. The summed E-state index contributed by atoms with van der Waals surface area (Å²) in [6.07, 6.45) is -2.55. The SMILES string of the molecule is Cc1cc(C(F)F)c(Cl)nc1I. The van der Waals surface area contributed by atoms with Gasteiger partial charge in [-0.05, 0) is 41.1 Å². The third kappa shape index (κ3) is 2.04. The molecule has 0 aliphatic heterocycles. The predicted octanol–water partition coefficient (Wildman–Crippen LogP) is 3.59. The fraction of sp³-hybridized carbons (Fsp3) is 0.286. The first kappa shape index (κ1) is 10.1. The van der Waals surface area contributed by atoms with E-state index >= 15 is 0 Å². The fourth-order valence-corrected chi connectivity index (χ4v) is 1.51. The van der Waals surface area contributed by atoms with Crippen molar-refractivity contribution in [3.05, 3.63) is 26.0 Å². The van der Waals surface area contributed by atoms with Crippen LogP contribution in [0.3, 0.4) is 0 Å². The Morgan fingerprint density at radius 3 is 2.67 bits per heavy atom. The predicted molar refractivity (Wildman–Crippen MR) is 51.7 cm³/mol. The van der Waals surface area contributed by atoms with Gasteiger partial charge in [0.1, 0.15) is 8.85 Å². The summed E-state index contributed by atoms with van der Waals surface area (Å²) in [4.78, 5) is 3.77. The third-order valence-electron chi connectivity index (χ3n) is 1.37. The van der Waals surface area contributed by atoms with Crippen molar-refractivity contribution in [3.8, 4) is 0 Å². The number of rotatable bonds is 1. The maximum Gasteiger partial charge on any atom is 0.266 e. The Morgan fingerprint density at radius 1 is 1.58 bits per heavy atom. The molecule has 1 aromatic rings. The molecule has 0 unspecified atom stereocenters. The van der Waals surface area contributed by atoms with Crippen molar-refractivity contribution < 1.29 is 8.78 Å². The van der Waals surface area contributed by atoms with Gasteiger partial charge < -0.3 is 0 Å². The highest BCUT2D eigenvalue weighted by molar-refractivity contribution is 14.1. The largest absolute Gasteiger partial charge is 0.266 e. The van der Waals surface area contributed by atoms with Crippen LogP contribution < -0.4 is 0 Å². The van der Waals surface area contributed by atoms with Crippen molar-refractivity contribution in [2.24, 2.45) is 0 Å². The minimum absolute atomic E-state index is 0.111. The molecule has 1 aromatic heterocycles. The molecule has 0 aliphatic rings. The van der Waals surface area contributed by atoms with Gasteiger partial charge in [-0.3, -0.25) is 0 Å². The molecule has 0 radical (unpaired) electrons. The number of aryl methyl sites for hydroxylation is 1. The molecule has 0 aliphatic carbocycles. The van der Waals surface area contributed by atoms with Crippen LogP contribution in [0.5, 0.6) is 0 Å². The summed E-state index contributed by atoms with van der Waals surface area (Å²) in [6, 6.07) is 1.36. The zero-order chi connectivity index (χ0) is 9.30. The van der Waals surface area contributed by atoms with Crippen molar-refractivity contribution in [2.75, 3.05) is 0 Å². The van der Waals surface area contributed by atoms with E-state index in [0.29, 0.717) is 3.70 Å². The lowest BCUT2D eigenvalue weighted by Crippen LogP contribution is -1.94. The van der Waals surface area contributed by atoms with Crippen LogP contribution in [0.15, 0.2) is 6.07 Å². The molecule has 0 spiro atoms. The zero-order valence-corrected chi connectivity index (χ0v) is 9.03. The van der Waals surface area contributed by atoms with Crippen LogP contribution in [-0.4, -0.2) is 4.98 Å². The fourth-order valence-electron chi connectivity index (χ4n) is 0.744. The van der Waals surface area contributed by atoms with Gasteiger partial charge in [0, 0.05) is 0 Å². The summed E-state index contributed by atoms with van der Waals surface area (Å²) in [7, 11) is 0. The second-order valence-corrected chi connectivity index (χ2v) is 3.66. The Kier molecular flexibility index (Phi) is 3.22. The first-order valence-electron chi connectivity index (χ1n) is 3.13. The maximum absolute atomic E-state index is 12.2. The van der Waals surface area contributed by atoms with Crippen molar-refractivity contribution in [2.45, 2.75) is 13.3 Å². The molecular formula is C7H5ClF2IN. The molecule has 0 amide bonds. The first-order valence-corrected chi connectivity index (χ1v) is 4.58. The molecule has 1 heterocycles. The van der Waals surface area contributed by atoms with Crippen molar-refractivity contribution in [1.82, 2.24) is 4.98 Å². The van der Waals surface area contributed by atoms with E-state index in [1.165, 1.54) is 6.07 Å². The van der Waals surface area contributed by atoms with Crippen LogP contribution in [0.2, 0.25) is 5.15 Å². The van der Waals surface area contributed by atoms with Gasteiger partial charge in [-0.25, -0.2) is 13.8 Å². The van der Waals surface area contributed by atoms with Gasteiger partial charge in [-0.2, -0.15) is 0 Å². The topological polar surface area (TPSA) is 12.9 Å². The molecule has 5 heteroatoms. The molecule has 0 fully saturated rings. The molecule has 0 saturated carbocycles. The van der Waals surface area contributed by atoms with Gasteiger partial charge in [0.2, 0.25) is 0 Å². The quantitative estimate of drug-likeness (QED) is 0.571. The van der Waals surface area contributed by atoms with E-state index in [0.717, 1.165) is 5.56 Å². The monoisotopic (exact) mass is 303 g/mol. The standard InChI is InChI=1S/C7H5ClF2IN/c1-3-2-4(6(9)10)5(8)12-7(3)11/h2,6H,1H3. The number of nitrogens with zero attached hydrogens (tertiary/aromatic N) is 1. The summed E-state index contributed by atoms with van der Waals surface area (Å²) in [5, 5.41) is -0.111. The minimum atomic E-state index is -2.55. The Balaban J connectivity index is 3.23. The molecule has 66 valence electrons. The van der Waals surface area contributed by atoms with Crippen LogP contribution in [-0.2, 0) is 0 Å². The van der Waals surface area contributed by atoms with Gasteiger partial charge in [0.05, 0.1) is 5.56 Å². The van der Waals surface area contributed by atoms with Gasteiger partial charge in [-0.1, -0.05) is 11.6 Å². The molecule has 0 aromatic carbocycles. The number of hydrogen-bond acceptors (Lipinski definition) is 1. The van der Waals surface area contributed by atoms with Crippen LogP contribution in [0.25, 0.3) is 0 Å². The molecule has 0 saturated heterocycles. The molecule has 1 rings (SSSR count). The van der Waals surface area contributed by atoms with Crippen molar-refractivity contribution >= 4 is 34.2 Å². The highest BCUT2D eigenvalue weighted by atomic mass is 127. The van der Waals surface area contributed by atoms with Crippen LogP contribution in [0, 0.1) is 10.6 Å². The molecule has 12 heavy (non-hydrogen) atoms. The van der Waals surface area contributed by atoms with E-state index in [4.69, 9.17) is 11.6 Å². The highest BCUT2D eigenvalue weighted by Gasteiger charge is 2.14. The number of aromatic nitrogens is 1. The van der Waals surface area contributed by atoms with E-state index in [2.05, 4.69) is 4.98 Å².